The van der Waals surface area contributed by atoms with E-state index in [1.165, 1.54) is 11.3 Å². The summed E-state index contributed by atoms with van der Waals surface area (Å²) in [5.74, 6) is 0.237. The van der Waals surface area contributed by atoms with Crippen molar-refractivity contribution in [1.82, 2.24) is 10.3 Å². The van der Waals surface area contributed by atoms with Gasteiger partial charge in [0.05, 0.1) is 0 Å². The van der Waals surface area contributed by atoms with E-state index in [1.807, 2.05) is 11.9 Å². The maximum absolute atomic E-state index is 12.2. The van der Waals surface area contributed by atoms with Crippen LogP contribution in [0.2, 0.25) is 0 Å². The molecular weight excluding hydrogens is 260 g/mol. The predicted octanol–water partition coefficient (Wildman–Crippen LogP) is 2.10. The number of anilines is 2. The minimum Gasteiger partial charge on any atom is -0.382 e. The molecule has 1 heterocycles. The van der Waals surface area contributed by atoms with E-state index in [1.54, 1.807) is 0 Å². The molecule has 1 aromatic heterocycles. The van der Waals surface area contributed by atoms with Gasteiger partial charge in [0.25, 0.3) is 5.91 Å². The molecule has 106 valence electrons. The summed E-state index contributed by atoms with van der Waals surface area (Å²) in [6.45, 7) is 7.31. The summed E-state index contributed by atoms with van der Waals surface area (Å²) in [4.78, 5) is 19.0. The van der Waals surface area contributed by atoms with E-state index in [2.05, 4.69) is 31.1 Å². The molecule has 5 nitrogen and oxygen atoms in total. The van der Waals surface area contributed by atoms with Gasteiger partial charge in [0.2, 0.25) is 0 Å². The first-order valence-electron chi connectivity index (χ1n) is 6.63. The second-order valence-corrected chi connectivity index (χ2v) is 6.83. The first-order valence-corrected chi connectivity index (χ1v) is 7.45. The van der Waals surface area contributed by atoms with Crippen LogP contribution in [0.4, 0.5) is 10.9 Å². The van der Waals surface area contributed by atoms with E-state index >= 15 is 0 Å². The van der Waals surface area contributed by atoms with Crippen LogP contribution in [-0.2, 0) is 0 Å². The number of nitrogens with two attached hydrogens (primary N) is 1. The number of rotatable bonds is 5. The van der Waals surface area contributed by atoms with Crippen LogP contribution in [0.3, 0.4) is 0 Å². The number of amides is 1. The number of nitrogen functional groups attached to an aromatic ring is 1. The van der Waals surface area contributed by atoms with Gasteiger partial charge in [0, 0.05) is 19.6 Å². The van der Waals surface area contributed by atoms with Gasteiger partial charge in [-0.1, -0.05) is 32.1 Å². The summed E-state index contributed by atoms with van der Waals surface area (Å²) in [6, 6.07) is 0.262. The Morgan fingerprint density at radius 2 is 2.26 bits per heavy atom. The van der Waals surface area contributed by atoms with Crippen LogP contribution in [0, 0.1) is 5.41 Å². The molecular formula is C13H22N4OS. The van der Waals surface area contributed by atoms with Gasteiger partial charge < -0.3 is 16.0 Å². The summed E-state index contributed by atoms with van der Waals surface area (Å²) < 4.78 is 0. The fraction of sp³-hybridized carbons (Fsp3) is 0.692. The van der Waals surface area contributed by atoms with Gasteiger partial charge in [-0.2, -0.15) is 0 Å². The SMILES string of the molecule is CCCN(C)c1nc(N)c(C(=O)NC2CC2(C)C)s1. The topological polar surface area (TPSA) is 71.2 Å². The number of carbonyl (C=O) groups is 1. The zero-order valence-corrected chi connectivity index (χ0v) is 12.8. The lowest BCUT2D eigenvalue weighted by molar-refractivity contribution is 0.0951. The van der Waals surface area contributed by atoms with Crippen molar-refractivity contribution in [1.29, 1.82) is 0 Å². The van der Waals surface area contributed by atoms with Crippen molar-refractivity contribution in [3.05, 3.63) is 4.88 Å². The molecule has 0 saturated heterocycles. The van der Waals surface area contributed by atoms with Crippen molar-refractivity contribution in [2.45, 2.75) is 39.7 Å². The van der Waals surface area contributed by atoms with E-state index in [0.29, 0.717) is 10.7 Å². The Bertz CT molecular complexity index is 483. The van der Waals surface area contributed by atoms with Gasteiger partial charge in [-0.15, -0.1) is 0 Å². The van der Waals surface area contributed by atoms with Gasteiger partial charge in [-0.3, -0.25) is 4.79 Å². The van der Waals surface area contributed by atoms with Gasteiger partial charge in [-0.25, -0.2) is 4.98 Å². The molecule has 1 aromatic rings. The quantitative estimate of drug-likeness (QED) is 0.867. The Kier molecular flexibility index (Phi) is 3.71. The third-order valence-corrected chi connectivity index (χ3v) is 4.74. The molecule has 1 aliphatic carbocycles. The Morgan fingerprint density at radius 3 is 2.79 bits per heavy atom. The molecule has 1 fully saturated rings. The summed E-state index contributed by atoms with van der Waals surface area (Å²) in [5.41, 5.74) is 6.07. The highest BCUT2D eigenvalue weighted by molar-refractivity contribution is 7.18. The Morgan fingerprint density at radius 1 is 1.63 bits per heavy atom. The molecule has 1 aliphatic rings. The molecule has 1 saturated carbocycles. The van der Waals surface area contributed by atoms with Crippen LogP contribution < -0.4 is 16.0 Å². The second-order valence-electron chi connectivity index (χ2n) is 5.85. The number of nitrogens with zero attached hydrogens (tertiary/aromatic N) is 2. The van der Waals surface area contributed by atoms with Crippen molar-refractivity contribution in [3.8, 4) is 0 Å². The monoisotopic (exact) mass is 282 g/mol. The van der Waals surface area contributed by atoms with Gasteiger partial charge in [0.15, 0.2) is 5.13 Å². The third kappa shape index (κ3) is 3.00. The van der Waals surface area contributed by atoms with E-state index in [-0.39, 0.29) is 17.4 Å². The molecule has 0 spiro atoms. The fourth-order valence-corrected chi connectivity index (χ4v) is 2.89. The number of nitrogens with one attached hydrogen (secondary N) is 1. The lowest BCUT2D eigenvalue weighted by atomic mass is 10.2. The first-order chi connectivity index (χ1) is 8.85. The highest BCUT2D eigenvalue weighted by Gasteiger charge is 2.46. The van der Waals surface area contributed by atoms with E-state index in [9.17, 15) is 4.79 Å². The van der Waals surface area contributed by atoms with Crippen LogP contribution in [0.1, 0.15) is 43.3 Å². The largest absolute Gasteiger partial charge is 0.382 e. The van der Waals surface area contributed by atoms with E-state index in [0.717, 1.165) is 24.5 Å². The molecule has 2 rings (SSSR count). The number of carbonyl (C=O) groups excluding carboxylic acids is 1. The predicted molar refractivity (Wildman–Crippen MR) is 79.7 cm³/mol. The van der Waals surface area contributed by atoms with Crippen LogP contribution >= 0.6 is 11.3 Å². The molecule has 0 bridgehead atoms. The Hall–Kier alpha value is -1.30. The standard InChI is InChI=1S/C13H22N4OS/c1-5-6-17(4)12-16-10(14)9(19-12)11(18)15-8-7-13(8,2)3/h8H,5-7,14H2,1-4H3,(H,15,18). The minimum absolute atomic E-state index is 0.0956. The molecule has 0 radical (unpaired) electrons. The lowest BCUT2D eigenvalue weighted by Crippen LogP contribution is -2.28. The van der Waals surface area contributed by atoms with Crippen molar-refractivity contribution in [2.75, 3.05) is 24.2 Å². The van der Waals surface area contributed by atoms with Gasteiger partial charge >= 0.3 is 0 Å². The molecule has 0 aliphatic heterocycles. The molecule has 3 N–H and O–H groups in total. The summed E-state index contributed by atoms with van der Waals surface area (Å²) in [5, 5.41) is 3.82. The fourth-order valence-electron chi connectivity index (χ4n) is 2.01. The summed E-state index contributed by atoms with van der Waals surface area (Å²) >= 11 is 1.36. The second kappa shape index (κ2) is 5.00. The normalized spacial score (nSPS) is 20.1. The summed E-state index contributed by atoms with van der Waals surface area (Å²) in [7, 11) is 1.97. The highest BCUT2D eigenvalue weighted by Crippen LogP contribution is 2.45. The van der Waals surface area contributed by atoms with Gasteiger partial charge in [0.1, 0.15) is 10.7 Å². The molecule has 19 heavy (non-hydrogen) atoms. The average molecular weight is 282 g/mol. The number of hydrogen-bond acceptors (Lipinski definition) is 5. The van der Waals surface area contributed by atoms with Crippen molar-refractivity contribution >= 4 is 28.2 Å². The molecule has 0 aromatic carbocycles. The smallest absolute Gasteiger partial charge is 0.265 e. The van der Waals surface area contributed by atoms with E-state index in [4.69, 9.17) is 5.73 Å². The minimum atomic E-state index is -0.0956. The Balaban J connectivity index is 2.06. The van der Waals surface area contributed by atoms with Gasteiger partial charge in [-0.05, 0) is 18.3 Å². The van der Waals surface area contributed by atoms with Crippen LogP contribution in [0.15, 0.2) is 0 Å². The zero-order valence-electron chi connectivity index (χ0n) is 12.0. The van der Waals surface area contributed by atoms with Crippen molar-refractivity contribution in [2.24, 2.45) is 5.41 Å². The zero-order chi connectivity index (χ0) is 14.2. The molecule has 1 atom stereocenters. The van der Waals surface area contributed by atoms with Crippen LogP contribution in [0.5, 0.6) is 0 Å². The van der Waals surface area contributed by atoms with Crippen molar-refractivity contribution < 1.29 is 4.79 Å². The lowest BCUT2D eigenvalue weighted by Gasteiger charge is -2.13. The van der Waals surface area contributed by atoms with E-state index < -0.39 is 0 Å². The number of hydrogen-bond donors (Lipinski definition) is 2. The van der Waals surface area contributed by atoms with Crippen LogP contribution in [-0.4, -0.2) is 30.5 Å². The Labute approximate surface area is 118 Å². The maximum Gasteiger partial charge on any atom is 0.265 e. The third-order valence-electron chi connectivity index (χ3n) is 3.55. The van der Waals surface area contributed by atoms with Crippen molar-refractivity contribution in [3.63, 3.8) is 0 Å². The maximum atomic E-state index is 12.2. The highest BCUT2D eigenvalue weighted by atomic mass is 32.1. The molecule has 1 amide bonds. The van der Waals surface area contributed by atoms with Crippen LogP contribution in [0.25, 0.3) is 0 Å². The first kappa shape index (κ1) is 14.1. The summed E-state index contributed by atoms with van der Waals surface area (Å²) in [6.07, 6.45) is 2.06. The average Bonchev–Trinajstić information content (AvgIpc) is 2.72. The molecule has 6 heteroatoms. The molecule has 1 unspecified atom stereocenters. The number of thiazole rings is 1. The number of aromatic nitrogens is 1.